The van der Waals surface area contributed by atoms with Gasteiger partial charge in [-0.1, -0.05) is 40.0 Å². The first kappa shape index (κ1) is 16.3. The highest BCUT2D eigenvalue weighted by atomic mass is 16.2. The molecule has 0 aromatic heterocycles. The third-order valence-corrected chi connectivity index (χ3v) is 5.17. The molecule has 1 saturated carbocycles. The van der Waals surface area contributed by atoms with Crippen molar-refractivity contribution in [2.24, 2.45) is 17.8 Å². The van der Waals surface area contributed by atoms with Crippen molar-refractivity contribution in [3.05, 3.63) is 0 Å². The van der Waals surface area contributed by atoms with Crippen LogP contribution in [0.5, 0.6) is 0 Å². The highest BCUT2D eigenvalue weighted by Gasteiger charge is 2.39. The lowest BCUT2D eigenvalue weighted by molar-refractivity contribution is -0.150. The molecule has 1 aliphatic heterocycles. The maximum atomic E-state index is 12.7. The van der Waals surface area contributed by atoms with E-state index >= 15 is 0 Å². The number of nitrogens with zero attached hydrogens (tertiary/aromatic N) is 1. The molecule has 21 heavy (non-hydrogen) atoms. The first-order valence-corrected chi connectivity index (χ1v) is 8.51. The summed E-state index contributed by atoms with van der Waals surface area (Å²) >= 11 is 0. The second kappa shape index (κ2) is 6.80. The number of piperazine rings is 1. The first-order chi connectivity index (χ1) is 9.90. The Morgan fingerprint density at radius 3 is 2.48 bits per heavy atom. The number of carbonyl (C=O) groups is 2. The van der Waals surface area contributed by atoms with E-state index in [2.05, 4.69) is 26.1 Å². The van der Waals surface area contributed by atoms with Gasteiger partial charge in [-0.2, -0.15) is 0 Å². The van der Waals surface area contributed by atoms with Gasteiger partial charge in [0.2, 0.25) is 11.8 Å². The van der Waals surface area contributed by atoms with E-state index in [1.54, 1.807) is 0 Å². The molecular formula is C17H30N2O2. The smallest absolute Gasteiger partial charge is 0.245 e. The van der Waals surface area contributed by atoms with Gasteiger partial charge in [0.15, 0.2) is 0 Å². The zero-order valence-electron chi connectivity index (χ0n) is 13.9. The van der Waals surface area contributed by atoms with Gasteiger partial charge in [-0.25, -0.2) is 0 Å². The fourth-order valence-electron chi connectivity index (χ4n) is 3.68. The average Bonchev–Trinajstić information content (AvgIpc) is 2.42. The summed E-state index contributed by atoms with van der Waals surface area (Å²) in [6.45, 7) is 9.07. The summed E-state index contributed by atoms with van der Waals surface area (Å²) in [6.07, 6.45) is 5.73. The van der Waals surface area contributed by atoms with Gasteiger partial charge in [0.1, 0.15) is 12.1 Å². The van der Waals surface area contributed by atoms with E-state index in [0.717, 1.165) is 13.0 Å². The summed E-state index contributed by atoms with van der Waals surface area (Å²) in [5.74, 6) is 1.74. The summed E-state index contributed by atoms with van der Waals surface area (Å²) < 4.78 is 0. The van der Waals surface area contributed by atoms with E-state index in [9.17, 15) is 9.59 Å². The molecule has 0 bridgehead atoms. The monoisotopic (exact) mass is 294 g/mol. The van der Waals surface area contributed by atoms with Crippen molar-refractivity contribution in [3.63, 3.8) is 0 Å². The molecule has 0 radical (unpaired) electrons. The molecule has 4 nitrogen and oxygen atoms in total. The van der Waals surface area contributed by atoms with E-state index in [4.69, 9.17) is 0 Å². The van der Waals surface area contributed by atoms with E-state index < -0.39 is 0 Å². The van der Waals surface area contributed by atoms with Gasteiger partial charge in [-0.15, -0.1) is 0 Å². The first-order valence-electron chi connectivity index (χ1n) is 8.51. The molecular weight excluding hydrogens is 264 g/mol. The largest absolute Gasteiger partial charge is 0.343 e. The van der Waals surface area contributed by atoms with Crippen LogP contribution in [-0.2, 0) is 9.59 Å². The van der Waals surface area contributed by atoms with E-state index in [-0.39, 0.29) is 23.9 Å². The van der Waals surface area contributed by atoms with Gasteiger partial charge in [0, 0.05) is 6.54 Å². The van der Waals surface area contributed by atoms with Gasteiger partial charge in [-0.3, -0.25) is 9.59 Å². The van der Waals surface area contributed by atoms with Crippen molar-refractivity contribution in [2.45, 2.75) is 71.9 Å². The third-order valence-electron chi connectivity index (χ3n) is 5.17. The highest BCUT2D eigenvalue weighted by Crippen LogP contribution is 2.31. The molecule has 0 spiro atoms. The van der Waals surface area contributed by atoms with Crippen LogP contribution in [0.4, 0.5) is 0 Å². The Balaban J connectivity index is 2.07. The maximum absolute atomic E-state index is 12.7. The van der Waals surface area contributed by atoms with Crippen molar-refractivity contribution < 1.29 is 9.59 Å². The molecule has 1 N–H and O–H groups in total. The van der Waals surface area contributed by atoms with Crippen molar-refractivity contribution in [2.75, 3.05) is 6.54 Å². The van der Waals surface area contributed by atoms with Crippen molar-refractivity contribution in [3.8, 4) is 0 Å². The lowest BCUT2D eigenvalue weighted by atomic mass is 9.79. The molecule has 2 amide bonds. The van der Waals surface area contributed by atoms with Crippen LogP contribution < -0.4 is 5.32 Å². The van der Waals surface area contributed by atoms with Crippen molar-refractivity contribution in [1.29, 1.82) is 0 Å². The molecule has 2 fully saturated rings. The molecule has 1 aliphatic carbocycles. The van der Waals surface area contributed by atoms with Crippen LogP contribution in [0.3, 0.4) is 0 Å². The van der Waals surface area contributed by atoms with E-state index in [0.29, 0.717) is 17.8 Å². The van der Waals surface area contributed by atoms with Crippen LogP contribution in [-0.4, -0.2) is 35.3 Å². The maximum Gasteiger partial charge on any atom is 0.245 e. The van der Waals surface area contributed by atoms with E-state index in [1.165, 1.54) is 25.7 Å². The summed E-state index contributed by atoms with van der Waals surface area (Å²) in [5, 5.41) is 2.90. The minimum Gasteiger partial charge on any atom is -0.343 e. The number of rotatable bonds is 4. The van der Waals surface area contributed by atoms with Gasteiger partial charge >= 0.3 is 0 Å². The SMILES string of the molecule is CC(C)CC1NC(=O)C(C)N(CC2CCCCC2C)C1=O. The number of nitrogens with one attached hydrogen (secondary N) is 1. The van der Waals surface area contributed by atoms with Crippen LogP contribution in [0.15, 0.2) is 0 Å². The topological polar surface area (TPSA) is 49.4 Å². The molecule has 2 rings (SSSR count). The predicted octanol–water partition coefficient (Wildman–Crippen LogP) is 2.57. The normalized spacial score (nSPS) is 34.2. The Labute approximate surface area is 128 Å². The number of hydrogen-bond acceptors (Lipinski definition) is 2. The zero-order chi connectivity index (χ0) is 15.6. The van der Waals surface area contributed by atoms with Crippen LogP contribution in [0, 0.1) is 17.8 Å². The zero-order valence-corrected chi connectivity index (χ0v) is 13.9. The summed E-state index contributed by atoms with van der Waals surface area (Å²) in [4.78, 5) is 26.7. The van der Waals surface area contributed by atoms with Gasteiger partial charge < -0.3 is 10.2 Å². The molecule has 1 heterocycles. The summed E-state index contributed by atoms with van der Waals surface area (Å²) in [7, 11) is 0. The second-order valence-corrected chi connectivity index (χ2v) is 7.38. The highest BCUT2D eigenvalue weighted by molar-refractivity contribution is 5.96. The fourth-order valence-corrected chi connectivity index (χ4v) is 3.68. The molecule has 4 heteroatoms. The summed E-state index contributed by atoms with van der Waals surface area (Å²) in [6, 6.07) is -0.650. The molecule has 1 saturated heterocycles. The fraction of sp³-hybridized carbons (Fsp3) is 0.882. The van der Waals surface area contributed by atoms with Gasteiger partial charge in [0.05, 0.1) is 0 Å². The molecule has 2 aliphatic rings. The molecule has 4 unspecified atom stereocenters. The molecule has 0 aromatic rings. The average molecular weight is 294 g/mol. The predicted molar refractivity (Wildman–Crippen MR) is 83.7 cm³/mol. The quantitative estimate of drug-likeness (QED) is 0.866. The van der Waals surface area contributed by atoms with Crippen LogP contribution in [0.25, 0.3) is 0 Å². The lowest BCUT2D eigenvalue weighted by Gasteiger charge is -2.41. The minimum atomic E-state index is -0.326. The lowest BCUT2D eigenvalue weighted by Crippen LogP contribution is -2.63. The van der Waals surface area contributed by atoms with Gasteiger partial charge in [-0.05, 0) is 37.5 Å². The summed E-state index contributed by atoms with van der Waals surface area (Å²) in [5.41, 5.74) is 0. The Morgan fingerprint density at radius 2 is 1.86 bits per heavy atom. The third kappa shape index (κ3) is 3.78. The van der Waals surface area contributed by atoms with Crippen molar-refractivity contribution >= 4 is 11.8 Å². The minimum absolute atomic E-state index is 0.00344. The molecule has 4 atom stereocenters. The number of carbonyl (C=O) groups excluding carboxylic acids is 2. The molecule has 0 aromatic carbocycles. The van der Waals surface area contributed by atoms with E-state index in [1.807, 2.05) is 11.8 Å². The van der Waals surface area contributed by atoms with Crippen LogP contribution in [0.1, 0.15) is 59.8 Å². The van der Waals surface area contributed by atoms with Crippen LogP contribution >= 0.6 is 0 Å². The van der Waals surface area contributed by atoms with Crippen molar-refractivity contribution in [1.82, 2.24) is 10.2 Å². The Morgan fingerprint density at radius 1 is 1.19 bits per heavy atom. The van der Waals surface area contributed by atoms with Crippen LogP contribution in [0.2, 0.25) is 0 Å². The number of hydrogen-bond donors (Lipinski definition) is 1. The van der Waals surface area contributed by atoms with Gasteiger partial charge in [0.25, 0.3) is 0 Å². The second-order valence-electron chi connectivity index (χ2n) is 7.38. The number of amides is 2. The Hall–Kier alpha value is -1.06. The Kier molecular flexibility index (Phi) is 5.28. The Bertz CT molecular complexity index is 394. The molecule has 120 valence electrons. The standard InChI is InChI=1S/C17H30N2O2/c1-11(2)9-15-17(21)19(13(4)16(20)18-15)10-14-8-6-5-7-12(14)3/h11-15H,5-10H2,1-4H3,(H,18,20).